The maximum Gasteiger partial charge on any atom is 0.314 e. The molecule has 20 heavy (non-hydrogen) atoms. The molecule has 6 nitrogen and oxygen atoms in total. The Morgan fingerprint density at radius 3 is 2.70 bits per heavy atom. The molecule has 0 amide bonds. The average Bonchev–Trinajstić information content (AvgIpc) is 2.41. The first-order valence-electron chi connectivity index (χ1n) is 5.80. The summed E-state index contributed by atoms with van der Waals surface area (Å²) in [4.78, 5) is 14.1. The van der Waals surface area contributed by atoms with Crippen LogP contribution in [0.15, 0.2) is 36.5 Å². The predicted octanol–water partition coefficient (Wildman–Crippen LogP) is 2.94. The summed E-state index contributed by atoms with van der Waals surface area (Å²) in [5, 5.41) is 10.8. The molecule has 0 saturated carbocycles. The van der Waals surface area contributed by atoms with Crippen LogP contribution in [-0.2, 0) is 0 Å². The Morgan fingerprint density at radius 2 is 2.15 bits per heavy atom. The number of hydrogen-bond acceptors (Lipinski definition) is 5. The molecular formula is C13H12FN3O3. The lowest BCUT2D eigenvalue weighted by Crippen LogP contribution is -2.05. The molecule has 1 aromatic carbocycles. The fourth-order valence-electron chi connectivity index (χ4n) is 1.55. The summed E-state index contributed by atoms with van der Waals surface area (Å²) in [6.45, 7) is 1.81. The molecule has 0 saturated heterocycles. The van der Waals surface area contributed by atoms with Crippen LogP contribution in [0.2, 0.25) is 0 Å². The smallest absolute Gasteiger partial charge is 0.314 e. The van der Waals surface area contributed by atoms with Crippen molar-refractivity contribution in [2.75, 3.05) is 0 Å². The van der Waals surface area contributed by atoms with Crippen molar-refractivity contribution >= 4 is 5.69 Å². The lowest BCUT2D eigenvalue weighted by molar-refractivity contribution is -0.385. The zero-order chi connectivity index (χ0) is 14.7. The lowest BCUT2D eigenvalue weighted by atomic mass is 10.2. The molecule has 1 aromatic heterocycles. The Kier molecular flexibility index (Phi) is 3.90. The van der Waals surface area contributed by atoms with Crippen molar-refractivity contribution in [3.05, 3.63) is 58.0 Å². The first kappa shape index (κ1) is 13.9. The van der Waals surface area contributed by atoms with Gasteiger partial charge in [-0.3, -0.25) is 10.1 Å². The molecule has 0 spiro atoms. The molecule has 0 aliphatic carbocycles. The predicted molar refractivity (Wildman–Crippen MR) is 70.0 cm³/mol. The van der Waals surface area contributed by atoms with E-state index in [1.165, 1.54) is 12.3 Å². The minimum atomic E-state index is -0.714. The summed E-state index contributed by atoms with van der Waals surface area (Å²) in [7, 11) is 0. The number of halogens is 1. The molecule has 1 atom stereocenters. The Hall–Kier alpha value is -2.54. The topological polar surface area (TPSA) is 91.3 Å². The standard InChI is InChI=1S/C13H12FN3O3/c1-8(15)9-2-5-13(16-7-9)20-12-4-3-10(14)6-11(12)17(18)19/h2-8H,15H2,1H3/t8-/m0/s1. The SMILES string of the molecule is C[C@H](N)c1ccc(Oc2ccc(F)cc2[N+](=O)[O-])nc1. The van der Waals surface area contributed by atoms with E-state index in [2.05, 4.69) is 4.98 Å². The number of nitro groups is 1. The summed E-state index contributed by atoms with van der Waals surface area (Å²) in [6, 6.07) is 6.16. The largest absolute Gasteiger partial charge is 0.432 e. The van der Waals surface area contributed by atoms with Crippen LogP contribution >= 0.6 is 0 Å². The molecule has 0 aliphatic heterocycles. The second-order valence-corrected chi connectivity index (χ2v) is 4.19. The maximum atomic E-state index is 13.0. The average molecular weight is 277 g/mol. The Labute approximate surface area is 114 Å². The third kappa shape index (κ3) is 3.07. The van der Waals surface area contributed by atoms with Crippen molar-refractivity contribution in [3.63, 3.8) is 0 Å². The number of nitro benzene ring substituents is 1. The Balaban J connectivity index is 2.28. The lowest BCUT2D eigenvalue weighted by Gasteiger charge is -2.08. The second kappa shape index (κ2) is 5.62. The van der Waals surface area contributed by atoms with Crippen LogP contribution in [0, 0.1) is 15.9 Å². The van der Waals surface area contributed by atoms with E-state index in [-0.39, 0.29) is 17.7 Å². The number of ether oxygens (including phenoxy) is 1. The van der Waals surface area contributed by atoms with E-state index in [1.54, 1.807) is 12.1 Å². The zero-order valence-corrected chi connectivity index (χ0v) is 10.6. The van der Waals surface area contributed by atoms with Crippen LogP contribution in [0.5, 0.6) is 11.6 Å². The van der Waals surface area contributed by atoms with Crippen molar-refractivity contribution < 1.29 is 14.1 Å². The van der Waals surface area contributed by atoms with E-state index >= 15 is 0 Å². The van der Waals surface area contributed by atoms with Gasteiger partial charge in [0, 0.05) is 18.3 Å². The molecule has 0 aliphatic rings. The molecule has 1 heterocycles. The zero-order valence-electron chi connectivity index (χ0n) is 10.6. The van der Waals surface area contributed by atoms with Crippen LogP contribution in [0.25, 0.3) is 0 Å². The highest BCUT2D eigenvalue weighted by atomic mass is 19.1. The highest BCUT2D eigenvalue weighted by Crippen LogP contribution is 2.31. The van der Waals surface area contributed by atoms with Crippen LogP contribution in [-0.4, -0.2) is 9.91 Å². The van der Waals surface area contributed by atoms with Crippen LogP contribution in [0.1, 0.15) is 18.5 Å². The molecule has 0 fully saturated rings. The number of pyridine rings is 1. The fourth-order valence-corrected chi connectivity index (χ4v) is 1.55. The number of nitrogens with zero attached hydrogens (tertiary/aromatic N) is 2. The molecule has 0 unspecified atom stereocenters. The maximum absolute atomic E-state index is 13.0. The highest BCUT2D eigenvalue weighted by molar-refractivity contribution is 5.47. The summed E-state index contributed by atoms with van der Waals surface area (Å²) in [5.74, 6) is -0.606. The van der Waals surface area contributed by atoms with Gasteiger partial charge < -0.3 is 10.5 Å². The number of benzene rings is 1. The van der Waals surface area contributed by atoms with Gasteiger partial charge in [-0.25, -0.2) is 9.37 Å². The summed E-state index contributed by atoms with van der Waals surface area (Å²) < 4.78 is 18.3. The van der Waals surface area contributed by atoms with E-state index < -0.39 is 16.4 Å². The van der Waals surface area contributed by atoms with E-state index in [0.717, 1.165) is 17.7 Å². The Bertz CT molecular complexity index is 629. The van der Waals surface area contributed by atoms with Gasteiger partial charge in [0.1, 0.15) is 5.82 Å². The van der Waals surface area contributed by atoms with Gasteiger partial charge in [0.15, 0.2) is 0 Å². The first-order chi connectivity index (χ1) is 9.47. The quantitative estimate of drug-likeness (QED) is 0.685. The van der Waals surface area contributed by atoms with Gasteiger partial charge in [-0.1, -0.05) is 6.07 Å². The first-order valence-corrected chi connectivity index (χ1v) is 5.80. The Morgan fingerprint density at radius 1 is 1.40 bits per heavy atom. The molecule has 2 rings (SSSR count). The molecule has 0 radical (unpaired) electrons. The van der Waals surface area contributed by atoms with Gasteiger partial charge in [-0.05, 0) is 24.6 Å². The third-order valence-electron chi connectivity index (χ3n) is 2.62. The number of rotatable bonds is 4. The van der Waals surface area contributed by atoms with Crippen molar-refractivity contribution in [1.29, 1.82) is 0 Å². The summed E-state index contributed by atoms with van der Waals surface area (Å²) in [5.41, 5.74) is 6.04. The number of nitrogens with two attached hydrogens (primary N) is 1. The van der Waals surface area contributed by atoms with E-state index in [1.807, 2.05) is 6.92 Å². The normalized spacial score (nSPS) is 11.9. The van der Waals surface area contributed by atoms with Crippen molar-refractivity contribution in [2.24, 2.45) is 5.73 Å². The molecule has 2 aromatic rings. The van der Waals surface area contributed by atoms with Gasteiger partial charge >= 0.3 is 5.69 Å². The second-order valence-electron chi connectivity index (χ2n) is 4.19. The van der Waals surface area contributed by atoms with Gasteiger partial charge in [0.05, 0.1) is 11.0 Å². The van der Waals surface area contributed by atoms with Crippen molar-refractivity contribution in [2.45, 2.75) is 13.0 Å². The van der Waals surface area contributed by atoms with E-state index in [4.69, 9.17) is 10.5 Å². The molecule has 104 valence electrons. The molecular weight excluding hydrogens is 265 g/mol. The van der Waals surface area contributed by atoms with E-state index in [0.29, 0.717) is 0 Å². The van der Waals surface area contributed by atoms with Crippen molar-refractivity contribution in [1.82, 2.24) is 4.98 Å². The highest BCUT2D eigenvalue weighted by Gasteiger charge is 2.17. The van der Waals surface area contributed by atoms with Gasteiger partial charge in [0.2, 0.25) is 11.6 Å². The fraction of sp³-hybridized carbons (Fsp3) is 0.154. The monoisotopic (exact) mass is 277 g/mol. The van der Waals surface area contributed by atoms with Crippen molar-refractivity contribution in [3.8, 4) is 11.6 Å². The minimum Gasteiger partial charge on any atom is -0.432 e. The van der Waals surface area contributed by atoms with Crippen LogP contribution in [0.4, 0.5) is 10.1 Å². The summed E-state index contributed by atoms with van der Waals surface area (Å²) >= 11 is 0. The molecule has 7 heteroatoms. The number of aromatic nitrogens is 1. The van der Waals surface area contributed by atoms with Gasteiger partial charge in [-0.15, -0.1) is 0 Å². The number of hydrogen-bond donors (Lipinski definition) is 1. The van der Waals surface area contributed by atoms with Gasteiger partial charge in [0.25, 0.3) is 0 Å². The van der Waals surface area contributed by atoms with Crippen LogP contribution in [0.3, 0.4) is 0 Å². The van der Waals surface area contributed by atoms with Crippen LogP contribution < -0.4 is 10.5 Å². The minimum absolute atomic E-state index is 0.0718. The third-order valence-corrected chi connectivity index (χ3v) is 2.62. The molecule has 0 bridgehead atoms. The van der Waals surface area contributed by atoms with E-state index in [9.17, 15) is 14.5 Å². The molecule has 2 N–H and O–H groups in total. The van der Waals surface area contributed by atoms with Gasteiger partial charge in [-0.2, -0.15) is 0 Å². The summed E-state index contributed by atoms with van der Waals surface area (Å²) in [6.07, 6.45) is 1.52.